The zero-order valence-corrected chi connectivity index (χ0v) is 12.0. The molecule has 0 aliphatic heterocycles. The number of para-hydroxylation sites is 1. The molecule has 0 saturated carbocycles. The first kappa shape index (κ1) is 13.6. The van der Waals surface area contributed by atoms with E-state index in [-0.39, 0.29) is 5.91 Å². The lowest BCUT2D eigenvalue weighted by molar-refractivity contribution is 0.102. The standard InChI is InChI=1S/C15H16N2OS/c1-10-6-4-7-11(2)13(10)17-14(18)12-8-5-9-16-15(12)19-3/h4-9H,1-3H3,(H,17,18). The van der Waals surface area contributed by atoms with Crippen LogP contribution in [0.1, 0.15) is 21.5 Å². The van der Waals surface area contributed by atoms with Crippen molar-refractivity contribution >= 4 is 23.4 Å². The van der Waals surface area contributed by atoms with Gasteiger partial charge in [-0.1, -0.05) is 18.2 Å². The zero-order valence-electron chi connectivity index (χ0n) is 11.2. The monoisotopic (exact) mass is 272 g/mol. The second kappa shape index (κ2) is 5.89. The Morgan fingerprint density at radius 3 is 2.47 bits per heavy atom. The molecule has 0 spiro atoms. The van der Waals surface area contributed by atoms with Gasteiger partial charge in [0.25, 0.3) is 5.91 Å². The molecule has 0 bridgehead atoms. The third kappa shape index (κ3) is 2.96. The summed E-state index contributed by atoms with van der Waals surface area (Å²) in [6.07, 6.45) is 3.61. The van der Waals surface area contributed by atoms with Gasteiger partial charge in [0.2, 0.25) is 0 Å². The fraction of sp³-hybridized carbons (Fsp3) is 0.200. The average Bonchev–Trinajstić information content (AvgIpc) is 2.42. The van der Waals surface area contributed by atoms with Gasteiger partial charge in [0.15, 0.2) is 0 Å². The summed E-state index contributed by atoms with van der Waals surface area (Å²) >= 11 is 1.47. The van der Waals surface area contributed by atoms with Gasteiger partial charge in [-0.15, -0.1) is 11.8 Å². The molecule has 98 valence electrons. The van der Waals surface area contributed by atoms with Crippen molar-refractivity contribution in [3.63, 3.8) is 0 Å². The van der Waals surface area contributed by atoms with Gasteiger partial charge in [0, 0.05) is 11.9 Å². The predicted octanol–water partition coefficient (Wildman–Crippen LogP) is 3.67. The van der Waals surface area contributed by atoms with Gasteiger partial charge in [-0.25, -0.2) is 4.98 Å². The average molecular weight is 272 g/mol. The van der Waals surface area contributed by atoms with Crippen LogP contribution in [0.25, 0.3) is 0 Å². The number of amides is 1. The maximum absolute atomic E-state index is 12.3. The number of pyridine rings is 1. The maximum atomic E-state index is 12.3. The third-order valence-electron chi connectivity index (χ3n) is 2.93. The number of carbonyl (C=O) groups is 1. The Morgan fingerprint density at radius 2 is 1.84 bits per heavy atom. The second-order valence-electron chi connectivity index (χ2n) is 4.28. The number of benzene rings is 1. The van der Waals surface area contributed by atoms with Crippen molar-refractivity contribution in [3.05, 3.63) is 53.2 Å². The highest BCUT2D eigenvalue weighted by atomic mass is 32.2. The zero-order chi connectivity index (χ0) is 13.8. The van der Waals surface area contributed by atoms with E-state index in [1.165, 1.54) is 11.8 Å². The lowest BCUT2D eigenvalue weighted by atomic mass is 10.1. The summed E-state index contributed by atoms with van der Waals surface area (Å²) in [5.41, 5.74) is 3.60. The molecule has 0 radical (unpaired) electrons. The quantitative estimate of drug-likeness (QED) is 0.867. The Labute approximate surface area is 117 Å². The summed E-state index contributed by atoms with van der Waals surface area (Å²) in [5.74, 6) is -0.116. The number of aromatic nitrogens is 1. The van der Waals surface area contributed by atoms with Crippen LogP contribution in [0.4, 0.5) is 5.69 Å². The molecular weight excluding hydrogens is 256 g/mol. The summed E-state index contributed by atoms with van der Waals surface area (Å²) in [6, 6.07) is 9.53. The predicted molar refractivity (Wildman–Crippen MR) is 79.9 cm³/mol. The van der Waals surface area contributed by atoms with E-state index in [1.54, 1.807) is 18.3 Å². The fourth-order valence-corrected chi connectivity index (χ4v) is 2.47. The summed E-state index contributed by atoms with van der Waals surface area (Å²) in [4.78, 5) is 16.5. The Balaban J connectivity index is 2.31. The number of aryl methyl sites for hydroxylation is 2. The van der Waals surface area contributed by atoms with E-state index >= 15 is 0 Å². The molecule has 19 heavy (non-hydrogen) atoms. The van der Waals surface area contributed by atoms with E-state index in [1.807, 2.05) is 38.3 Å². The Bertz CT molecular complexity index is 591. The highest BCUT2D eigenvalue weighted by molar-refractivity contribution is 7.98. The van der Waals surface area contributed by atoms with Crippen molar-refractivity contribution in [2.75, 3.05) is 11.6 Å². The van der Waals surface area contributed by atoms with Crippen LogP contribution in [0.15, 0.2) is 41.6 Å². The van der Waals surface area contributed by atoms with Gasteiger partial charge in [-0.3, -0.25) is 4.79 Å². The number of anilines is 1. The lowest BCUT2D eigenvalue weighted by Gasteiger charge is -2.12. The molecule has 0 aliphatic carbocycles. The van der Waals surface area contributed by atoms with E-state index in [9.17, 15) is 4.79 Å². The molecule has 1 amide bonds. The van der Waals surface area contributed by atoms with E-state index in [0.717, 1.165) is 21.8 Å². The second-order valence-corrected chi connectivity index (χ2v) is 5.08. The van der Waals surface area contributed by atoms with Crippen LogP contribution in [0.5, 0.6) is 0 Å². The van der Waals surface area contributed by atoms with Crippen molar-refractivity contribution in [3.8, 4) is 0 Å². The van der Waals surface area contributed by atoms with Crippen LogP contribution in [-0.4, -0.2) is 17.1 Å². The number of thioether (sulfide) groups is 1. The van der Waals surface area contributed by atoms with E-state index in [4.69, 9.17) is 0 Å². The van der Waals surface area contributed by atoms with Gasteiger partial charge in [0.05, 0.1) is 5.56 Å². The van der Waals surface area contributed by atoms with E-state index < -0.39 is 0 Å². The molecule has 0 saturated heterocycles. The molecule has 0 aliphatic rings. The molecule has 0 fully saturated rings. The highest BCUT2D eigenvalue weighted by Crippen LogP contribution is 2.22. The molecule has 4 heteroatoms. The van der Waals surface area contributed by atoms with Crippen molar-refractivity contribution in [1.82, 2.24) is 4.98 Å². The van der Waals surface area contributed by atoms with Crippen LogP contribution in [-0.2, 0) is 0 Å². The molecule has 1 heterocycles. The van der Waals surface area contributed by atoms with Crippen molar-refractivity contribution < 1.29 is 4.79 Å². The summed E-state index contributed by atoms with van der Waals surface area (Å²) in [6.45, 7) is 3.97. The minimum Gasteiger partial charge on any atom is -0.321 e. The van der Waals surface area contributed by atoms with Crippen molar-refractivity contribution in [2.45, 2.75) is 18.9 Å². The van der Waals surface area contributed by atoms with E-state index in [2.05, 4.69) is 10.3 Å². The minimum atomic E-state index is -0.116. The van der Waals surface area contributed by atoms with E-state index in [0.29, 0.717) is 5.56 Å². The van der Waals surface area contributed by atoms with Crippen LogP contribution >= 0.6 is 11.8 Å². The molecule has 2 aromatic rings. The van der Waals surface area contributed by atoms with Gasteiger partial charge in [0.1, 0.15) is 5.03 Å². The van der Waals surface area contributed by atoms with Crippen molar-refractivity contribution in [2.24, 2.45) is 0 Å². The number of nitrogens with zero attached hydrogens (tertiary/aromatic N) is 1. The Morgan fingerprint density at radius 1 is 1.16 bits per heavy atom. The molecule has 3 nitrogen and oxygen atoms in total. The molecule has 1 N–H and O–H groups in total. The Hall–Kier alpha value is -1.81. The number of hydrogen-bond donors (Lipinski definition) is 1. The van der Waals surface area contributed by atoms with Crippen LogP contribution in [0.3, 0.4) is 0 Å². The van der Waals surface area contributed by atoms with Crippen LogP contribution in [0, 0.1) is 13.8 Å². The summed E-state index contributed by atoms with van der Waals surface area (Å²) in [7, 11) is 0. The number of hydrogen-bond acceptors (Lipinski definition) is 3. The first-order valence-corrected chi connectivity index (χ1v) is 7.22. The lowest BCUT2D eigenvalue weighted by Crippen LogP contribution is -2.15. The van der Waals surface area contributed by atoms with Gasteiger partial charge in [-0.05, 0) is 43.4 Å². The largest absolute Gasteiger partial charge is 0.321 e. The number of rotatable bonds is 3. The number of nitrogens with one attached hydrogen (secondary N) is 1. The Kier molecular flexibility index (Phi) is 4.22. The van der Waals surface area contributed by atoms with Crippen LogP contribution in [0.2, 0.25) is 0 Å². The highest BCUT2D eigenvalue weighted by Gasteiger charge is 2.13. The van der Waals surface area contributed by atoms with Gasteiger partial charge >= 0.3 is 0 Å². The molecule has 0 unspecified atom stereocenters. The van der Waals surface area contributed by atoms with Gasteiger partial charge in [-0.2, -0.15) is 0 Å². The first-order chi connectivity index (χ1) is 9.13. The summed E-state index contributed by atoms with van der Waals surface area (Å²) in [5, 5.41) is 3.72. The topological polar surface area (TPSA) is 42.0 Å². The van der Waals surface area contributed by atoms with Gasteiger partial charge < -0.3 is 5.32 Å². The van der Waals surface area contributed by atoms with Crippen molar-refractivity contribution in [1.29, 1.82) is 0 Å². The smallest absolute Gasteiger partial charge is 0.258 e. The molecule has 1 aromatic heterocycles. The first-order valence-electron chi connectivity index (χ1n) is 6.00. The maximum Gasteiger partial charge on any atom is 0.258 e. The molecule has 2 rings (SSSR count). The number of carbonyl (C=O) groups excluding carboxylic acids is 1. The molecular formula is C15H16N2OS. The summed E-state index contributed by atoms with van der Waals surface area (Å²) < 4.78 is 0. The third-order valence-corrected chi connectivity index (χ3v) is 3.64. The van der Waals surface area contributed by atoms with Crippen LogP contribution < -0.4 is 5.32 Å². The minimum absolute atomic E-state index is 0.116. The fourth-order valence-electron chi connectivity index (χ4n) is 1.92. The molecule has 0 atom stereocenters. The molecule has 1 aromatic carbocycles. The normalized spacial score (nSPS) is 10.3. The SMILES string of the molecule is CSc1ncccc1C(=O)Nc1c(C)cccc1C.